The summed E-state index contributed by atoms with van der Waals surface area (Å²) >= 11 is 1.86. The number of hydrogen-bond donors (Lipinski definition) is 2. The molecule has 0 saturated carbocycles. The predicted molar refractivity (Wildman–Crippen MR) is 88.3 cm³/mol. The summed E-state index contributed by atoms with van der Waals surface area (Å²) in [5, 5.41) is 3.50. The molecule has 0 aromatic carbocycles. The van der Waals surface area contributed by atoms with Crippen molar-refractivity contribution < 1.29 is 8.42 Å². The lowest BCUT2D eigenvalue weighted by Crippen LogP contribution is -2.32. The average Bonchev–Trinajstić information content (AvgIpc) is 2.52. The number of anilines is 1. The van der Waals surface area contributed by atoms with Gasteiger partial charge in [-0.1, -0.05) is 13.3 Å². The van der Waals surface area contributed by atoms with E-state index in [4.69, 9.17) is 0 Å². The lowest BCUT2D eigenvalue weighted by molar-refractivity contribution is 0.573. The highest BCUT2D eigenvalue weighted by Gasteiger charge is 2.19. The SMILES string of the molecule is CCCNc1cc(S(=O)(=O)NCC2CCCCS2)ccn1. The quantitative estimate of drug-likeness (QED) is 0.804. The Labute approximate surface area is 131 Å². The van der Waals surface area contributed by atoms with Gasteiger partial charge in [-0.15, -0.1) is 0 Å². The van der Waals surface area contributed by atoms with Crippen LogP contribution < -0.4 is 10.0 Å². The Morgan fingerprint density at radius 1 is 1.43 bits per heavy atom. The van der Waals surface area contributed by atoms with E-state index in [1.54, 1.807) is 6.07 Å². The maximum atomic E-state index is 12.3. The van der Waals surface area contributed by atoms with E-state index in [1.807, 2.05) is 11.8 Å². The molecular weight excluding hydrogens is 306 g/mol. The molecule has 5 nitrogen and oxygen atoms in total. The van der Waals surface area contributed by atoms with E-state index in [9.17, 15) is 8.42 Å². The Morgan fingerprint density at radius 3 is 3.00 bits per heavy atom. The van der Waals surface area contributed by atoms with Crippen LogP contribution in [0.25, 0.3) is 0 Å². The first-order valence-electron chi connectivity index (χ1n) is 7.43. The number of pyridine rings is 1. The number of sulfonamides is 1. The molecular formula is C14H23N3O2S2. The van der Waals surface area contributed by atoms with E-state index < -0.39 is 10.0 Å². The Balaban J connectivity index is 1.97. The van der Waals surface area contributed by atoms with Gasteiger partial charge in [0.25, 0.3) is 0 Å². The molecule has 0 amide bonds. The van der Waals surface area contributed by atoms with Crippen LogP contribution in [0.15, 0.2) is 23.2 Å². The van der Waals surface area contributed by atoms with Crippen LogP contribution in [0.4, 0.5) is 5.82 Å². The molecule has 0 radical (unpaired) electrons. The molecule has 0 spiro atoms. The van der Waals surface area contributed by atoms with Crippen LogP contribution in [0.1, 0.15) is 32.6 Å². The number of rotatable bonds is 7. The zero-order valence-electron chi connectivity index (χ0n) is 12.3. The molecule has 2 N–H and O–H groups in total. The summed E-state index contributed by atoms with van der Waals surface area (Å²) in [4.78, 5) is 4.41. The van der Waals surface area contributed by atoms with Crippen molar-refractivity contribution in [3.63, 3.8) is 0 Å². The zero-order valence-corrected chi connectivity index (χ0v) is 14.0. The molecule has 118 valence electrons. The number of hydrogen-bond acceptors (Lipinski definition) is 5. The van der Waals surface area contributed by atoms with Crippen LogP contribution in [-0.4, -0.2) is 37.5 Å². The molecule has 2 rings (SSSR count). The topological polar surface area (TPSA) is 71.1 Å². The predicted octanol–water partition coefficient (Wildman–Crippen LogP) is 2.47. The molecule has 1 aromatic heterocycles. The monoisotopic (exact) mass is 329 g/mol. The smallest absolute Gasteiger partial charge is 0.240 e. The standard InChI is InChI=1S/C14H23N3O2S2/c1-2-7-15-14-10-13(6-8-16-14)21(18,19)17-11-12-5-3-4-9-20-12/h6,8,10,12,17H,2-5,7,9,11H2,1H3,(H,15,16). The fraction of sp³-hybridized carbons (Fsp3) is 0.643. The summed E-state index contributed by atoms with van der Waals surface area (Å²) in [7, 11) is -3.45. The second kappa shape index (κ2) is 8.00. The Morgan fingerprint density at radius 2 is 2.29 bits per heavy atom. The second-order valence-electron chi connectivity index (χ2n) is 5.14. The minimum absolute atomic E-state index is 0.275. The van der Waals surface area contributed by atoms with Crippen LogP contribution >= 0.6 is 11.8 Å². The molecule has 1 atom stereocenters. The van der Waals surface area contributed by atoms with Crippen molar-refractivity contribution in [2.75, 3.05) is 24.2 Å². The van der Waals surface area contributed by atoms with Gasteiger partial charge in [-0.05, 0) is 31.1 Å². The number of thioether (sulfide) groups is 1. The van der Waals surface area contributed by atoms with Crippen LogP contribution in [0, 0.1) is 0 Å². The molecule has 1 saturated heterocycles. The summed E-state index contributed by atoms with van der Waals surface area (Å²) in [5.74, 6) is 1.74. The van der Waals surface area contributed by atoms with Gasteiger partial charge in [0.15, 0.2) is 0 Å². The van der Waals surface area contributed by atoms with Crippen LogP contribution in [0.5, 0.6) is 0 Å². The van der Waals surface area contributed by atoms with Gasteiger partial charge in [-0.3, -0.25) is 0 Å². The first kappa shape index (κ1) is 16.6. The maximum absolute atomic E-state index is 12.3. The molecule has 0 aliphatic carbocycles. The van der Waals surface area contributed by atoms with E-state index in [-0.39, 0.29) is 4.90 Å². The highest BCUT2D eigenvalue weighted by Crippen LogP contribution is 2.24. The average molecular weight is 329 g/mol. The largest absolute Gasteiger partial charge is 0.370 e. The molecule has 1 aliphatic heterocycles. The van der Waals surface area contributed by atoms with Crippen LogP contribution in [0.2, 0.25) is 0 Å². The van der Waals surface area contributed by atoms with Crippen LogP contribution in [0.3, 0.4) is 0 Å². The zero-order chi connectivity index (χ0) is 15.1. The van der Waals surface area contributed by atoms with Gasteiger partial charge in [0, 0.05) is 30.6 Å². The third-order valence-electron chi connectivity index (χ3n) is 3.37. The first-order valence-corrected chi connectivity index (χ1v) is 9.96. The van der Waals surface area contributed by atoms with E-state index in [2.05, 4.69) is 21.9 Å². The van der Waals surface area contributed by atoms with Crippen molar-refractivity contribution in [3.05, 3.63) is 18.3 Å². The van der Waals surface area contributed by atoms with Crippen LogP contribution in [-0.2, 0) is 10.0 Å². The van der Waals surface area contributed by atoms with Gasteiger partial charge in [0.2, 0.25) is 10.0 Å². The van der Waals surface area contributed by atoms with E-state index in [0.29, 0.717) is 17.6 Å². The summed E-state index contributed by atoms with van der Waals surface area (Å²) < 4.78 is 27.4. The molecule has 7 heteroatoms. The van der Waals surface area contributed by atoms with Crippen molar-refractivity contribution in [1.82, 2.24) is 9.71 Å². The van der Waals surface area contributed by atoms with Crippen molar-refractivity contribution >= 4 is 27.6 Å². The van der Waals surface area contributed by atoms with Crippen molar-refractivity contribution in [1.29, 1.82) is 0 Å². The van der Waals surface area contributed by atoms with Gasteiger partial charge in [-0.25, -0.2) is 18.1 Å². The minimum atomic E-state index is -3.45. The second-order valence-corrected chi connectivity index (χ2v) is 8.32. The fourth-order valence-electron chi connectivity index (χ4n) is 2.18. The van der Waals surface area contributed by atoms with Crippen molar-refractivity contribution in [2.45, 2.75) is 42.8 Å². The third kappa shape index (κ3) is 5.16. The molecule has 2 heterocycles. The number of nitrogens with one attached hydrogen (secondary N) is 2. The van der Waals surface area contributed by atoms with Crippen molar-refractivity contribution in [3.8, 4) is 0 Å². The van der Waals surface area contributed by atoms with Gasteiger partial charge in [-0.2, -0.15) is 11.8 Å². The van der Waals surface area contributed by atoms with E-state index >= 15 is 0 Å². The molecule has 1 unspecified atom stereocenters. The summed E-state index contributed by atoms with van der Waals surface area (Å²) in [6.45, 7) is 3.34. The molecule has 1 aliphatic rings. The fourth-order valence-corrected chi connectivity index (χ4v) is 4.62. The normalized spacial score (nSPS) is 19.4. The summed E-state index contributed by atoms with van der Waals surface area (Å²) in [6.07, 6.45) is 6.02. The lowest BCUT2D eigenvalue weighted by Gasteiger charge is -2.21. The first-order chi connectivity index (χ1) is 10.1. The van der Waals surface area contributed by atoms with E-state index in [1.165, 1.54) is 25.1 Å². The van der Waals surface area contributed by atoms with Gasteiger partial charge in [0.05, 0.1) is 4.90 Å². The minimum Gasteiger partial charge on any atom is -0.370 e. The summed E-state index contributed by atoms with van der Waals surface area (Å²) in [6, 6.07) is 3.12. The third-order valence-corrected chi connectivity index (χ3v) is 6.19. The summed E-state index contributed by atoms with van der Waals surface area (Å²) in [5.41, 5.74) is 0. The highest BCUT2D eigenvalue weighted by molar-refractivity contribution is 8.00. The van der Waals surface area contributed by atoms with Gasteiger partial charge in [0.1, 0.15) is 5.82 Å². The van der Waals surface area contributed by atoms with Gasteiger partial charge < -0.3 is 5.32 Å². The maximum Gasteiger partial charge on any atom is 0.240 e. The Hall–Kier alpha value is -0.790. The Bertz CT molecular complexity index is 543. The van der Waals surface area contributed by atoms with E-state index in [0.717, 1.165) is 25.1 Å². The molecule has 21 heavy (non-hydrogen) atoms. The number of nitrogens with zero attached hydrogens (tertiary/aromatic N) is 1. The number of aromatic nitrogens is 1. The Kier molecular flexibility index (Phi) is 6.32. The molecule has 1 fully saturated rings. The molecule has 1 aromatic rings. The van der Waals surface area contributed by atoms with Crippen molar-refractivity contribution in [2.24, 2.45) is 0 Å². The molecule has 0 bridgehead atoms. The van der Waals surface area contributed by atoms with Gasteiger partial charge >= 0.3 is 0 Å². The lowest BCUT2D eigenvalue weighted by atomic mass is 10.2. The highest BCUT2D eigenvalue weighted by atomic mass is 32.2.